The van der Waals surface area contributed by atoms with Gasteiger partial charge in [0.1, 0.15) is 28.9 Å². The van der Waals surface area contributed by atoms with Crippen molar-refractivity contribution in [1.29, 1.82) is 0 Å². The van der Waals surface area contributed by atoms with Crippen molar-refractivity contribution in [2.24, 2.45) is 11.8 Å². The molecule has 1 aromatic carbocycles. The molecule has 4 aromatic rings. The molecule has 1 saturated heterocycles. The Morgan fingerprint density at radius 1 is 1.12 bits per heavy atom. The summed E-state index contributed by atoms with van der Waals surface area (Å²) in [6.45, 7) is 11.9. The van der Waals surface area contributed by atoms with Crippen molar-refractivity contribution in [1.82, 2.24) is 19.9 Å². The molecule has 10 heteroatoms. The van der Waals surface area contributed by atoms with E-state index in [2.05, 4.69) is 25.2 Å². The fraction of sp³-hybridized carbons (Fsp3) is 0.424. The fourth-order valence-corrected chi connectivity index (χ4v) is 5.74. The van der Waals surface area contributed by atoms with Crippen LogP contribution in [0.15, 0.2) is 48.9 Å². The molecule has 10 nitrogen and oxygen atoms in total. The number of fused-ring (bicyclic) bond motifs is 5. The number of anilines is 3. The highest BCUT2D eigenvalue weighted by atomic mass is 16.6. The summed E-state index contributed by atoms with van der Waals surface area (Å²) in [4.78, 5) is 33.0. The zero-order valence-corrected chi connectivity index (χ0v) is 25.4. The highest BCUT2D eigenvalue weighted by Gasteiger charge is 2.35. The number of aryl methyl sites for hydroxylation is 2. The monoisotopic (exact) mass is 582 g/mol. The minimum absolute atomic E-state index is 0.139. The second-order valence-corrected chi connectivity index (χ2v) is 12.4. The van der Waals surface area contributed by atoms with Gasteiger partial charge in [-0.1, -0.05) is 0 Å². The molecule has 0 amide bonds. The maximum absolute atomic E-state index is 12.3. The first kappa shape index (κ1) is 28.6. The molecule has 2 atom stereocenters. The molecule has 2 bridgehead atoms. The van der Waals surface area contributed by atoms with E-state index in [0.717, 1.165) is 60.2 Å². The predicted molar refractivity (Wildman–Crippen MR) is 165 cm³/mol. The number of carbonyl (C=O) groups excluding carboxylic acids is 1. The molecular weight excluding hydrogens is 544 g/mol. The third kappa shape index (κ3) is 6.63. The van der Waals surface area contributed by atoms with Crippen molar-refractivity contribution >= 4 is 34.3 Å². The van der Waals surface area contributed by atoms with Gasteiger partial charge in [0.05, 0.1) is 18.3 Å². The van der Waals surface area contributed by atoms with E-state index in [9.17, 15) is 4.79 Å². The summed E-state index contributed by atoms with van der Waals surface area (Å²) in [7, 11) is 0. The Balaban J connectivity index is 1.18. The van der Waals surface area contributed by atoms with Gasteiger partial charge >= 0.3 is 5.97 Å². The lowest BCUT2D eigenvalue weighted by Gasteiger charge is -2.36. The van der Waals surface area contributed by atoms with Gasteiger partial charge in [0.15, 0.2) is 17.4 Å². The van der Waals surface area contributed by atoms with Crippen molar-refractivity contribution < 1.29 is 19.0 Å². The Bertz CT molecular complexity index is 1640. The van der Waals surface area contributed by atoms with Crippen LogP contribution < -0.4 is 19.7 Å². The summed E-state index contributed by atoms with van der Waals surface area (Å²) in [5, 5.41) is 3.43. The number of nitrogens with one attached hydrogen (secondary N) is 1. The van der Waals surface area contributed by atoms with Gasteiger partial charge in [0.25, 0.3) is 0 Å². The lowest BCUT2D eigenvalue weighted by molar-refractivity contribution is -0.155. The van der Waals surface area contributed by atoms with Crippen LogP contribution in [-0.2, 0) is 9.53 Å². The van der Waals surface area contributed by atoms with Gasteiger partial charge in [-0.05, 0) is 89.3 Å². The minimum Gasteiger partial charge on any atom is -0.489 e. The molecular formula is C33H38N6O4. The molecule has 1 N–H and O–H groups in total. The van der Waals surface area contributed by atoms with E-state index in [4.69, 9.17) is 19.2 Å². The van der Waals surface area contributed by atoms with Crippen molar-refractivity contribution in [2.75, 3.05) is 29.9 Å². The van der Waals surface area contributed by atoms with Crippen LogP contribution in [0.2, 0.25) is 0 Å². The number of esters is 1. The van der Waals surface area contributed by atoms with Gasteiger partial charge in [-0.2, -0.15) is 0 Å². The summed E-state index contributed by atoms with van der Waals surface area (Å²) in [6.07, 6.45) is 5.45. The molecule has 6 rings (SSSR count). The zero-order valence-electron chi connectivity index (χ0n) is 25.4. The number of piperidine rings is 1. The molecule has 5 heterocycles. The maximum Gasteiger partial charge on any atom is 0.306 e. The van der Waals surface area contributed by atoms with E-state index >= 15 is 0 Å². The smallest absolute Gasteiger partial charge is 0.306 e. The third-order valence-corrected chi connectivity index (χ3v) is 7.89. The number of pyridine rings is 2. The normalized spacial score (nSPS) is 17.9. The summed E-state index contributed by atoms with van der Waals surface area (Å²) >= 11 is 0. The van der Waals surface area contributed by atoms with Crippen molar-refractivity contribution in [3.8, 4) is 17.2 Å². The molecule has 1 unspecified atom stereocenters. The Morgan fingerprint density at radius 3 is 2.74 bits per heavy atom. The first-order valence-electron chi connectivity index (χ1n) is 14.8. The molecule has 0 spiro atoms. The van der Waals surface area contributed by atoms with E-state index < -0.39 is 5.60 Å². The number of benzene rings is 1. The number of hydrogen-bond donors (Lipinski definition) is 1. The van der Waals surface area contributed by atoms with E-state index in [1.807, 2.05) is 71.0 Å². The first-order chi connectivity index (χ1) is 20.6. The average Bonchev–Trinajstić information content (AvgIpc) is 3.10. The van der Waals surface area contributed by atoms with Crippen LogP contribution in [0.5, 0.6) is 17.2 Å². The van der Waals surface area contributed by atoms with E-state index in [-0.39, 0.29) is 5.97 Å². The van der Waals surface area contributed by atoms with Gasteiger partial charge in [-0.25, -0.2) is 15.0 Å². The van der Waals surface area contributed by atoms with E-state index in [1.54, 1.807) is 6.20 Å². The quantitative estimate of drug-likeness (QED) is 0.241. The van der Waals surface area contributed by atoms with Crippen LogP contribution in [0, 0.1) is 25.7 Å². The summed E-state index contributed by atoms with van der Waals surface area (Å²) in [5.74, 6) is 4.17. The molecule has 224 valence electrons. The average molecular weight is 583 g/mol. The molecule has 2 aliphatic rings. The Labute approximate surface area is 251 Å². The van der Waals surface area contributed by atoms with Crippen LogP contribution in [0.25, 0.3) is 11.0 Å². The minimum atomic E-state index is -0.464. The summed E-state index contributed by atoms with van der Waals surface area (Å²) in [5.41, 5.74) is 3.70. The predicted octanol–water partition coefficient (Wildman–Crippen LogP) is 6.53. The molecule has 0 radical (unpaired) electrons. The molecule has 0 saturated carbocycles. The molecule has 1 fully saturated rings. The fourth-order valence-electron chi connectivity index (χ4n) is 5.74. The number of nitrogens with zero attached hydrogens (tertiary/aromatic N) is 5. The van der Waals surface area contributed by atoms with Gasteiger partial charge < -0.3 is 24.4 Å². The van der Waals surface area contributed by atoms with Crippen molar-refractivity contribution in [2.45, 2.75) is 59.5 Å². The number of aromatic nitrogens is 4. The molecule has 43 heavy (non-hydrogen) atoms. The standard InChI is InChI=1S/C33H38N6O4/c1-20-14-24(8-10-27(20)42-25-9-6-21(2)34-16-25)37-31-30-26(35-19-36-31)15-28-32(38-30)39-13-12-22(23(17-39)18-41-28)7-11-29(40)43-33(3,4)5/h6,8-10,14-16,19,22-23H,7,11-13,17-18H2,1-5H3,(H,35,36,37)/t22?,23-/m0/s1. The third-order valence-electron chi connectivity index (χ3n) is 7.89. The number of hydrogen-bond acceptors (Lipinski definition) is 10. The largest absolute Gasteiger partial charge is 0.489 e. The lowest BCUT2D eigenvalue weighted by Crippen LogP contribution is -2.41. The van der Waals surface area contributed by atoms with E-state index in [0.29, 0.717) is 47.5 Å². The summed E-state index contributed by atoms with van der Waals surface area (Å²) in [6, 6.07) is 11.7. The van der Waals surface area contributed by atoms with Gasteiger partial charge in [-0.3, -0.25) is 9.78 Å². The number of ether oxygens (including phenoxy) is 3. The SMILES string of the molecule is Cc1ccc(Oc2ccc(Nc3ncnc4cc5c(nc34)N3CCC(CCC(=O)OC(C)(C)C)[C@H](CO5)C3)cc2C)cn1. The molecule has 0 aliphatic carbocycles. The lowest BCUT2D eigenvalue weighted by atomic mass is 9.83. The number of carbonyl (C=O) groups is 1. The van der Waals surface area contributed by atoms with Crippen molar-refractivity contribution in [3.63, 3.8) is 0 Å². The van der Waals surface area contributed by atoms with Gasteiger partial charge in [0.2, 0.25) is 0 Å². The van der Waals surface area contributed by atoms with Crippen molar-refractivity contribution in [3.05, 3.63) is 60.2 Å². The molecule has 2 aliphatic heterocycles. The molecule has 3 aromatic heterocycles. The second kappa shape index (κ2) is 11.7. The maximum atomic E-state index is 12.3. The summed E-state index contributed by atoms with van der Waals surface area (Å²) < 4.78 is 17.9. The van der Waals surface area contributed by atoms with E-state index in [1.165, 1.54) is 6.33 Å². The zero-order chi connectivity index (χ0) is 30.1. The number of rotatable bonds is 7. The van der Waals surface area contributed by atoms with Crippen LogP contribution >= 0.6 is 0 Å². The van der Waals surface area contributed by atoms with Crippen LogP contribution in [0.1, 0.15) is 51.3 Å². The first-order valence-corrected chi connectivity index (χ1v) is 14.8. The Kier molecular flexibility index (Phi) is 7.77. The Morgan fingerprint density at radius 2 is 1.98 bits per heavy atom. The highest BCUT2D eigenvalue weighted by molar-refractivity contribution is 5.90. The van der Waals surface area contributed by atoms with Gasteiger partial charge in [-0.15, -0.1) is 0 Å². The van der Waals surface area contributed by atoms with Crippen LogP contribution in [-0.4, -0.2) is 51.2 Å². The topological polar surface area (TPSA) is 112 Å². The van der Waals surface area contributed by atoms with Crippen LogP contribution in [0.4, 0.5) is 17.3 Å². The van der Waals surface area contributed by atoms with Gasteiger partial charge in [0, 0.05) is 42.9 Å². The highest BCUT2D eigenvalue weighted by Crippen LogP contribution is 2.40. The Hall–Kier alpha value is -4.47. The van der Waals surface area contributed by atoms with Crippen LogP contribution in [0.3, 0.4) is 0 Å². The second-order valence-electron chi connectivity index (χ2n) is 12.4.